The normalized spacial score (nSPS) is 10.9. The minimum absolute atomic E-state index is 0.0270. The lowest BCUT2D eigenvalue weighted by atomic mass is 10.1. The number of nitro benzene ring substituents is 1. The van der Waals surface area contributed by atoms with Crippen LogP contribution >= 0.6 is 11.6 Å². The summed E-state index contributed by atoms with van der Waals surface area (Å²) in [5.74, 6) is -0.559. The van der Waals surface area contributed by atoms with Gasteiger partial charge < -0.3 is 0 Å². The molecule has 0 aliphatic heterocycles. The zero-order valence-corrected chi connectivity index (χ0v) is 13.6. The zero-order valence-electron chi connectivity index (χ0n) is 12.8. The molecule has 0 saturated carbocycles. The average Bonchev–Trinajstić information content (AvgIpc) is 2.62. The van der Waals surface area contributed by atoms with E-state index in [0.29, 0.717) is 0 Å². The maximum absolute atomic E-state index is 12.1. The van der Waals surface area contributed by atoms with Gasteiger partial charge in [-0.1, -0.05) is 54.1 Å². The van der Waals surface area contributed by atoms with Crippen LogP contribution in [0.15, 0.2) is 65.8 Å². The molecular formula is C18H12ClN3O3. The van der Waals surface area contributed by atoms with Crippen molar-refractivity contribution >= 4 is 40.2 Å². The van der Waals surface area contributed by atoms with Crippen LogP contribution in [0.3, 0.4) is 0 Å². The second-order valence-corrected chi connectivity index (χ2v) is 5.60. The Balaban J connectivity index is 1.79. The van der Waals surface area contributed by atoms with E-state index in [2.05, 4.69) is 10.5 Å². The Hall–Kier alpha value is -3.25. The molecule has 25 heavy (non-hydrogen) atoms. The van der Waals surface area contributed by atoms with Gasteiger partial charge in [0.25, 0.3) is 11.6 Å². The molecule has 0 saturated heterocycles. The van der Waals surface area contributed by atoms with Crippen LogP contribution in [-0.2, 0) is 0 Å². The summed E-state index contributed by atoms with van der Waals surface area (Å²) in [5.41, 5.74) is 2.99. The van der Waals surface area contributed by atoms with Crippen LogP contribution in [0.2, 0.25) is 5.02 Å². The first kappa shape index (κ1) is 16.6. The second-order valence-electron chi connectivity index (χ2n) is 5.19. The maximum Gasteiger partial charge on any atom is 0.288 e. The number of hydrogen-bond acceptors (Lipinski definition) is 4. The monoisotopic (exact) mass is 353 g/mol. The van der Waals surface area contributed by atoms with E-state index in [1.54, 1.807) is 0 Å². The van der Waals surface area contributed by atoms with Crippen molar-refractivity contribution in [3.8, 4) is 0 Å². The van der Waals surface area contributed by atoms with Crippen LogP contribution in [0.1, 0.15) is 15.9 Å². The fourth-order valence-corrected chi connectivity index (χ4v) is 2.57. The van der Waals surface area contributed by atoms with E-state index in [9.17, 15) is 14.9 Å². The number of amides is 1. The number of fused-ring (bicyclic) bond motifs is 1. The first-order chi connectivity index (χ1) is 12.1. The van der Waals surface area contributed by atoms with Crippen molar-refractivity contribution in [3.05, 3.63) is 86.9 Å². The first-order valence-electron chi connectivity index (χ1n) is 7.31. The van der Waals surface area contributed by atoms with Crippen molar-refractivity contribution in [2.45, 2.75) is 0 Å². The molecule has 1 N–H and O–H groups in total. The van der Waals surface area contributed by atoms with Gasteiger partial charge in [-0.3, -0.25) is 14.9 Å². The molecule has 124 valence electrons. The predicted octanol–water partition coefficient (Wildman–Crippen LogP) is 4.17. The molecule has 0 spiro atoms. The third kappa shape index (κ3) is 3.64. The van der Waals surface area contributed by atoms with Gasteiger partial charge in [-0.05, 0) is 22.9 Å². The average molecular weight is 354 g/mol. The van der Waals surface area contributed by atoms with Crippen molar-refractivity contribution in [1.29, 1.82) is 0 Å². The fourth-order valence-electron chi connectivity index (χ4n) is 2.38. The molecule has 0 atom stereocenters. The molecule has 3 aromatic carbocycles. The molecule has 0 aliphatic carbocycles. The van der Waals surface area contributed by atoms with Gasteiger partial charge in [0, 0.05) is 17.2 Å². The van der Waals surface area contributed by atoms with E-state index in [1.165, 1.54) is 18.3 Å². The lowest BCUT2D eigenvalue weighted by molar-refractivity contribution is -0.384. The number of rotatable bonds is 4. The topological polar surface area (TPSA) is 84.6 Å². The minimum atomic E-state index is -0.640. The van der Waals surface area contributed by atoms with E-state index in [-0.39, 0.29) is 16.3 Å². The number of benzene rings is 3. The highest BCUT2D eigenvalue weighted by Gasteiger charge is 2.15. The molecule has 0 unspecified atom stereocenters. The number of carbonyl (C=O) groups excluding carboxylic acids is 1. The summed E-state index contributed by atoms with van der Waals surface area (Å²) in [5, 5.41) is 16.9. The SMILES string of the molecule is O=C(NN=Cc1cccc2ccccc12)c1ccc(Cl)c([N+](=O)[O-])c1. The molecule has 0 fully saturated rings. The Kier molecular flexibility index (Phi) is 4.72. The molecule has 7 heteroatoms. The van der Waals surface area contributed by atoms with Crippen LogP contribution in [0.25, 0.3) is 10.8 Å². The molecule has 3 aromatic rings. The van der Waals surface area contributed by atoms with Crippen molar-refractivity contribution in [2.75, 3.05) is 0 Å². The third-order valence-corrected chi connectivity index (χ3v) is 3.92. The van der Waals surface area contributed by atoms with Gasteiger partial charge in [-0.2, -0.15) is 5.10 Å². The summed E-state index contributed by atoms with van der Waals surface area (Å²) in [6.45, 7) is 0. The van der Waals surface area contributed by atoms with Crippen molar-refractivity contribution in [1.82, 2.24) is 5.43 Å². The number of nitrogens with one attached hydrogen (secondary N) is 1. The van der Waals surface area contributed by atoms with Gasteiger partial charge in [0.05, 0.1) is 11.1 Å². The largest absolute Gasteiger partial charge is 0.288 e. The van der Waals surface area contributed by atoms with E-state index in [0.717, 1.165) is 22.4 Å². The van der Waals surface area contributed by atoms with Gasteiger partial charge in [-0.15, -0.1) is 0 Å². The van der Waals surface area contributed by atoms with E-state index in [1.807, 2.05) is 42.5 Å². The number of nitrogens with zero attached hydrogens (tertiary/aromatic N) is 2. The smallest absolute Gasteiger partial charge is 0.267 e. The highest BCUT2D eigenvalue weighted by atomic mass is 35.5. The predicted molar refractivity (Wildman–Crippen MR) is 97.1 cm³/mol. The number of carbonyl (C=O) groups is 1. The highest BCUT2D eigenvalue weighted by molar-refractivity contribution is 6.32. The Bertz CT molecular complexity index is 997. The molecule has 0 aliphatic rings. The van der Waals surface area contributed by atoms with E-state index in [4.69, 9.17) is 11.6 Å². The second kappa shape index (κ2) is 7.11. The van der Waals surface area contributed by atoms with Gasteiger partial charge in [0.2, 0.25) is 0 Å². The van der Waals surface area contributed by atoms with Gasteiger partial charge >= 0.3 is 0 Å². The molecule has 1 amide bonds. The molecule has 0 bridgehead atoms. The minimum Gasteiger partial charge on any atom is -0.267 e. The summed E-state index contributed by atoms with van der Waals surface area (Å²) in [6.07, 6.45) is 1.53. The van der Waals surface area contributed by atoms with Crippen LogP contribution in [0.4, 0.5) is 5.69 Å². The lowest BCUT2D eigenvalue weighted by Gasteiger charge is -2.03. The number of nitro groups is 1. The van der Waals surface area contributed by atoms with Crippen molar-refractivity contribution in [2.24, 2.45) is 5.10 Å². The standard InChI is InChI=1S/C18H12ClN3O3/c19-16-9-8-13(10-17(16)22(24)25)18(23)21-20-11-14-6-3-5-12-4-1-2-7-15(12)14/h1-11H,(H,21,23). The van der Waals surface area contributed by atoms with Crippen LogP contribution in [0, 0.1) is 10.1 Å². The summed E-state index contributed by atoms with van der Waals surface area (Å²) in [7, 11) is 0. The quantitative estimate of drug-likeness (QED) is 0.434. The number of hydrogen-bond donors (Lipinski definition) is 1. The summed E-state index contributed by atoms with van der Waals surface area (Å²) >= 11 is 5.73. The van der Waals surface area contributed by atoms with Gasteiger partial charge in [-0.25, -0.2) is 5.43 Å². The van der Waals surface area contributed by atoms with E-state index >= 15 is 0 Å². The maximum atomic E-state index is 12.1. The van der Waals surface area contributed by atoms with Crippen LogP contribution in [-0.4, -0.2) is 17.0 Å². The fraction of sp³-hybridized carbons (Fsp3) is 0. The molecule has 6 nitrogen and oxygen atoms in total. The molecule has 0 heterocycles. The van der Waals surface area contributed by atoms with Crippen LogP contribution < -0.4 is 5.43 Å². The summed E-state index contributed by atoms with van der Waals surface area (Å²) in [4.78, 5) is 22.3. The first-order valence-corrected chi connectivity index (χ1v) is 7.69. The number of hydrazone groups is 1. The molecule has 0 aromatic heterocycles. The van der Waals surface area contributed by atoms with E-state index < -0.39 is 10.8 Å². The lowest BCUT2D eigenvalue weighted by Crippen LogP contribution is -2.17. The number of halogens is 1. The summed E-state index contributed by atoms with van der Waals surface area (Å²) in [6, 6.07) is 17.4. The highest BCUT2D eigenvalue weighted by Crippen LogP contribution is 2.25. The van der Waals surface area contributed by atoms with Gasteiger partial charge in [0.15, 0.2) is 0 Å². The molecule has 0 radical (unpaired) electrons. The van der Waals surface area contributed by atoms with Crippen LogP contribution in [0.5, 0.6) is 0 Å². The summed E-state index contributed by atoms with van der Waals surface area (Å²) < 4.78 is 0. The zero-order chi connectivity index (χ0) is 17.8. The Morgan fingerprint density at radius 3 is 2.68 bits per heavy atom. The Morgan fingerprint density at radius 2 is 1.88 bits per heavy atom. The third-order valence-electron chi connectivity index (χ3n) is 3.60. The van der Waals surface area contributed by atoms with Crippen molar-refractivity contribution in [3.63, 3.8) is 0 Å². The van der Waals surface area contributed by atoms with Crippen molar-refractivity contribution < 1.29 is 9.72 Å². The van der Waals surface area contributed by atoms with Gasteiger partial charge in [0.1, 0.15) is 5.02 Å². The Morgan fingerprint density at radius 1 is 1.12 bits per heavy atom. The molecular weight excluding hydrogens is 342 g/mol. The molecule has 3 rings (SSSR count). The Labute approximate surface area is 147 Å².